The molecule has 40 heavy (non-hydrogen) atoms. The summed E-state index contributed by atoms with van der Waals surface area (Å²) in [6, 6.07) is 21.9. The molecule has 214 valence electrons. The molecule has 0 saturated heterocycles. The minimum atomic E-state index is -3.80. The number of amides is 2. The van der Waals surface area contributed by atoms with Crippen molar-refractivity contribution < 1.29 is 18.0 Å². The molecule has 0 aromatic heterocycles. The average Bonchev–Trinajstić information content (AvgIpc) is 2.92. The number of nitrogens with one attached hydrogen (secondary N) is 1. The van der Waals surface area contributed by atoms with Crippen LogP contribution in [-0.2, 0) is 32.6 Å². The van der Waals surface area contributed by atoms with Gasteiger partial charge in [0.2, 0.25) is 21.8 Å². The second kappa shape index (κ2) is 14.1. The summed E-state index contributed by atoms with van der Waals surface area (Å²) in [7, 11) is -3.80. The number of carbonyl (C=O) groups excluding carboxylic acids is 2. The highest BCUT2D eigenvalue weighted by atomic mass is 32.2. The zero-order valence-corrected chi connectivity index (χ0v) is 25.0. The minimum Gasteiger partial charge on any atom is -0.354 e. The van der Waals surface area contributed by atoms with Crippen LogP contribution in [-0.4, -0.2) is 50.5 Å². The Morgan fingerprint density at radius 1 is 0.875 bits per heavy atom. The van der Waals surface area contributed by atoms with Gasteiger partial charge in [0.1, 0.15) is 12.6 Å². The molecule has 0 radical (unpaired) electrons. The molecule has 1 N–H and O–H groups in total. The summed E-state index contributed by atoms with van der Waals surface area (Å²) < 4.78 is 27.2. The van der Waals surface area contributed by atoms with Crippen molar-refractivity contribution in [3.05, 3.63) is 101 Å². The summed E-state index contributed by atoms with van der Waals surface area (Å²) in [6.07, 6.45) is 3.16. The molecule has 3 aromatic carbocycles. The summed E-state index contributed by atoms with van der Waals surface area (Å²) in [4.78, 5) is 29.4. The number of benzene rings is 3. The van der Waals surface area contributed by atoms with E-state index < -0.39 is 28.5 Å². The summed E-state index contributed by atoms with van der Waals surface area (Å²) >= 11 is 0. The number of nitrogens with zero attached hydrogens (tertiary/aromatic N) is 2. The highest BCUT2D eigenvalue weighted by molar-refractivity contribution is 7.92. The molecule has 1 atom stereocenters. The maximum atomic E-state index is 14.2. The lowest BCUT2D eigenvalue weighted by atomic mass is 10.0. The molecule has 0 heterocycles. The molecule has 0 aliphatic rings. The normalized spacial score (nSPS) is 12.0. The Bertz CT molecular complexity index is 1410. The van der Waals surface area contributed by atoms with Gasteiger partial charge in [0.25, 0.3) is 0 Å². The van der Waals surface area contributed by atoms with E-state index in [2.05, 4.69) is 12.2 Å². The van der Waals surface area contributed by atoms with Crippen LogP contribution in [0.25, 0.3) is 0 Å². The van der Waals surface area contributed by atoms with Crippen molar-refractivity contribution in [3.63, 3.8) is 0 Å². The number of anilines is 1. The largest absolute Gasteiger partial charge is 0.354 e. The van der Waals surface area contributed by atoms with E-state index in [0.29, 0.717) is 18.7 Å². The first-order chi connectivity index (χ1) is 19.0. The van der Waals surface area contributed by atoms with Crippen LogP contribution >= 0.6 is 0 Å². The van der Waals surface area contributed by atoms with Crippen LogP contribution in [0.4, 0.5) is 5.69 Å². The molecule has 0 fully saturated rings. The Morgan fingerprint density at radius 2 is 1.52 bits per heavy atom. The summed E-state index contributed by atoms with van der Waals surface area (Å²) in [5.74, 6) is -0.696. The van der Waals surface area contributed by atoms with Crippen LogP contribution in [0.1, 0.15) is 47.6 Å². The number of aryl methyl sites for hydroxylation is 2. The summed E-state index contributed by atoms with van der Waals surface area (Å²) in [5.41, 5.74) is 4.96. The van der Waals surface area contributed by atoms with E-state index in [0.717, 1.165) is 51.2 Å². The van der Waals surface area contributed by atoms with Gasteiger partial charge in [-0.05, 0) is 61.1 Å². The third-order valence-electron chi connectivity index (χ3n) is 7.23. The number of unbranched alkanes of at least 4 members (excludes halogenated alkanes) is 1. The van der Waals surface area contributed by atoms with E-state index in [-0.39, 0.29) is 12.5 Å². The molecular formula is C32H41N3O4S. The average molecular weight is 564 g/mol. The number of hydrogen-bond acceptors (Lipinski definition) is 4. The van der Waals surface area contributed by atoms with Crippen molar-refractivity contribution in [2.45, 2.75) is 59.5 Å². The molecule has 1 unspecified atom stereocenters. The fourth-order valence-corrected chi connectivity index (χ4v) is 5.53. The third kappa shape index (κ3) is 8.18. The summed E-state index contributed by atoms with van der Waals surface area (Å²) in [6.45, 7) is 8.03. The van der Waals surface area contributed by atoms with Gasteiger partial charge in [0.05, 0.1) is 11.9 Å². The number of carbonyl (C=O) groups is 2. The lowest BCUT2D eigenvalue weighted by Crippen LogP contribution is -2.53. The van der Waals surface area contributed by atoms with Gasteiger partial charge in [-0.3, -0.25) is 13.9 Å². The Balaban J connectivity index is 2.07. The maximum Gasteiger partial charge on any atom is 0.244 e. The maximum absolute atomic E-state index is 14.2. The SMILES string of the molecule is CCCCNC(=O)C(Cc1ccccc1)N(Cc1ccccc1C)C(=O)CN(c1cccc(C)c1C)S(C)(=O)=O. The highest BCUT2D eigenvalue weighted by Crippen LogP contribution is 2.26. The van der Waals surface area contributed by atoms with Crippen molar-refractivity contribution >= 4 is 27.5 Å². The zero-order valence-electron chi connectivity index (χ0n) is 24.2. The first-order valence-corrected chi connectivity index (χ1v) is 15.6. The van der Waals surface area contributed by atoms with E-state index in [1.54, 1.807) is 17.0 Å². The third-order valence-corrected chi connectivity index (χ3v) is 8.35. The molecule has 0 aliphatic heterocycles. The van der Waals surface area contributed by atoms with Gasteiger partial charge < -0.3 is 10.2 Å². The molecule has 0 bridgehead atoms. The highest BCUT2D eigenvalue weighted by Gasteiger charge is 2.33. The van der Waals surface area contributed by atoms with Crippen molar-refractivity contribution in [2.75, 3.05) is 23.7 Å². The number of sulfonamides is 1. The van der Waals surface area contributed by atoms with Crippen LogP contribution in [0.5, 0.6) is 0 Å². The predicted molar refractivity (Wildman–Crippen MR) is 162 cm³/mol. The fourth-order valence-electron chi connectivity index (χ4n) is 4.63. The lowest BCUT2D eigenvalue weighted by molar-refractivity contribution is -0.140. The molecular weight excluding hydrogens is 522 g/mol. The van der Waals surface area contributed by atoms with E-state index in [9.17, 15) is 18.0 Å². The van der Waals surface area contributed by atoms with Crippen LogP contribution in [0, 0.1) is 20.8 Å². The van der Waals surface area contributed by atoms with Gasteiger partial charge in [0.15, 0.2) is 0 Å². The van der Waals surface area contributed by atoms with Crippen molar-refractivity contribution in [3.8, 4) is 0 Å². The van der Waals surface area contributed by atoms with E-state index in [1.807, 2.05) is 81.4 Å². The van der Waals surface area contributed by atoms with E-state index >= 15 is 0 Å². The Labute approximate surface area is 239 Å². The molecule has 3 rings (SSSR count). The molecule has 0 aliphatic carbocycles. The van der Waals surface area contributed by atoms with Gasteiger partial charge in [-0.1, -0.05) is 80.1 Å². The Hall–Kier alpha value is -3.65. The molecule has 3 aromatic rings. The van der Waals surface area contributed by atoms with Gasteiger partial charge in [-0.2, -0.15) is 0 Å². The second-order valence-electron chi connectivity index (χ2n) is 10.3. The van der Waals surface area contributed by atoms with E-state index in [1.165, 1.54) is 0 Å². The van der Waals surface area contributed by atoms with Gasteiger partial charge in [0, 0.05) is 19.5 Å². The van der Waals surface area contributed by atoms with Gasteiger partial charge in [-0.15, -0.1) is 0 Å². The first kappa shape index (κ1) is 30.9. The van der Waals surface area contributed by atoms with Gasteiger partial charge >= 0.3 is 0 Å². The second-order valence-corrected chi connectivity index (χ2v) is 12.2. The van der Waals surface area contributed by atoms with Crippen molar-refractivity contribution in [2.24, 2.45) is 0 Å². The molecule has 7 nitrogen and oxygen atoms in total. The number of hydrogen-bond donors (Lipinski definition) is 1. The van der Waals surface area contributed by atoms with Crippen molar-refractivity contribution in [1.82, 2.24) is 10.2 Å². The Morgan fingerprint density at radius 3 is 2.17 bits per heavy atom. The smallest absolute Gasteiger partial charge is 0.244 e. The molecule has 0 spiro atoms. The van der Waals surface area contributed by atoms with Crippen LogP contribution in [0.2, 0.25) is 0 Å². The van der Waals surface area contributed by atoms with E-state index in [4.69, 9.17) is 0 Å². The quantitative estimate of drug-likeness (QED) is 0.299. The standard InChI is InChI=1S/C32H41N3O4S/c1-6-7-20-33-32(37)30(21-27-16-9-8-10-17-27)34(22-28-18-12-11-14-25(28)3)31(36)23-35(40(5,38)39)29-19-13-15-24(2)26(29)4/h8-19,30H,6-7,20-23H2,1-5H3,(H,33,37). The van der Waals surface area contributed by atoms with Crippen LogP contribution in [0.3, 0.4) is 0 Å². The first-order valence-electron chi connectivity index (χ1n) is 13.7. The van der Waals surface area contributed by atoms with Crippen LogP contribution < -0.4 is 9.62 Å². The minimum absolute atomic E-state index is 0.175. The van der Waals surface area contributed by atoms with Gasteiger partial charge in [-0.25, -0.2) is 8.42 Å². The topological polar surface area (TPSA) is 86.8 Å². The van der Waals surface area contributed by atoms with Crippen LogP contribution in [0.15, 0.2) is 72.8 Å². The lowest BCUT2D eigenvalue weighted by Gasteiger charge is -2.34. The monoisotopic (exact) mass is 563 g/mol. The molecule has 0 saturated carbocycles. The number of rotatable bonds is 13. The summed E-state index contributed by atoms with van der Waals surface area (Å²) in [5, 5.41) is 3.01. The Kier molecular flexibility index (Phi) is 10.9. The fraction of sp³-hybridized carbons (Fsp3) is 0.375. The van der Waals surface area contributed by atoms with Crippen molar-refractivity contribution in [1.29, 1.82) is 0 Å². The molecule has 2 amide bonds. The zero-order chi connectivity index (χ0) is 29.3. The molecule has 8 heteroatoms. The predicted octanol–water partition coefficient (Wildman–Crippen LogP) is 4.93.